The molecule has 10 nitrogen and oxygen atoms in total. The summed E-state index contributed by atoms with van der Waals surface area (Å²) in [4.78, 5) is 28.2. The van der Waals surface area contributed by atoms with Crippen LogP contribution in [0.4, 0.5) is 16.3 Å². The van der Waals surface area contributed by atoms with Crippen molar-refractivity contribution >= 4 is 23.4 Å². The molecule has 2 atom stereocenters. The smallest absolute Gasteiger partial charge is 0.404 e. The number of hydrogen-bond acceptors (Lipinski definition) is 9. The Kier molecular flexibility index (Phi) is 7.15. The molecule has 3 heterocycles. The number of phenolic OH excluding ortho intramolecular Hbond substituents is 1. The van der Waals surface area contributed by atoms with E-state index in [4.69, 9.17) is 16.2 Å². The number of aromatic nitrogens is 2. The van der Waals surface area contributed by atoms with Crippen LogP contribution in [0.25, 0.3) is 11.3 Å². The maximum atomic E-state index is 14.7. The summed E-state index contributed by atoms with van der Waals surface area (Å²) >= 11 is 0. The van der Waals surface area contributed by atoms with Gasteiger partial charge in [-0.25, -0.2) is 4.79 Å². The second kappa shape index (κ2) is 10.7. The molecule has 2 aromatic carbocycles. The second-order valence-electron chi connectivity index (χ2n) is 9.87. The summed E-state index contributed by atoms with van der Waals surface area (Å²) in [7, 11) is 0. The topological polar surface area (TPSA) is 157 Å². The van der Waals surface area contributed by atoms with Gasteiger partial charge in [-0.2, -0.15) is 0 Å². The van der Waals surface area contributed by atoms with Crippen LogP contribution >= 0.6 is 0 Å². The van der Waals surface area contributed by atoms with E-state index >= 15 is 0 Å². The highest BCUT2D eigenvalue weighted by Gasteiger charge is 2.48. The minimum absolute atomic E-state index is 0.0447. The van der Waals surface area contributed by atoms with Gasteiger partial charge in [-0.1, -0.05) is 42.5 Å². The maximum absolute atomic E-state index is 14.7. The van der Waals surface area contributed by atoms with Crippen LogP contribution in [-0.2, 0) is 14.9 Å². The lowest BCUT2D eigenvalue weighted by Crippen LogP contribution is -2.58. The first-order valence-electron chi connectivity index (χ1n) is 12.8. The molecule has 10 heteroatoms. The van der Waals surface area contributed by atoms with E-state index in [2.05, 4.69) is 15.5 Å². The van der Waals surface area contributed by atoms with Gasteiger partial charge in [-0.05, 0) is 49.7 Å². The third-order valence-corrected chi connectivity index (χ3v) is 7.69. The lowest BCUT2D eigenvalue weighted by Gasteiger charge is -2.45. The summed E-state index contributed by atoms with van der Waals surface area (Å²) in [6, 6.07) is 17.8. The van der Waals surface area contributed by atoms with E-state index in [1.165, 1.54) is 0 Å². The number of ether oxygens (including phenoxy) is 1. The van der Waals surface area contributed by atoms with Crippen molar-refractivity contribution < 1.29 is 19.4 Å². The van der Waals surface area contributed by atoms with Crippen molar-refractivity contribution in [1.29, 1.82) is 0 Å². The van der Waals surface area contributed by atoms with E-state index in [1.807, 2.05) is 35.2 Å². The number of nitrogens with one attached hydrogen (secondary N) is 1. The summed E-state index contributed by atoms with van der Waals surface area (Å²) < 4.78 is 5.38. The number of primary amides is 1. The van der Waals surface area contributed by atoms with E-state index in [0.717, 1.165) is 5.56 Å². The van der Waals surface area contributed by atoms with Gasteiger partial charge in [0.2, 0.25) is 0 Å². The Bertz CT molecular complexity index is 1310. The lowest BCUT2D eigenvalue weighted by atomic mass is 9.67. The van der Waals surface area contributed by atoms with E-state index in [9.17, 15) is 14.7 Å². The molecule has 5 rings (SSSR count). The van der Waals surface area contributed by atoms with E-state index in [1.54, 1.807) is 30.3 Å². The Hall–Kier alpha value is -4.18. The van der Waals surface area contributed by atoms with Crippen LogP contribution in [0.3, 0.4) is 0 Å². The molecule has 0 radical (unpaired) electrons. The molecule has 2 aliphatic rings. The monoisotopic (exact) mass is 516 g/mol. The van der Waals surface area contributed by atoms with Crippen molar-refractivity contribution in [1.82, 2.24) is 15.5 Å². The molecule has 1 aromatic heterocycles. The molecule has 0 spiro atoms. The number of para-hydroxylation sites is 1. The molecule has 1 amide bonds. The third-order valence-electron chi connectivity index (χ3n) is 7.69. The van der Waals surface area contributed by atoms with Crippen LogP contribution in [0.5, 0.6) is 5.75 Å². The SMILES string of the molecule is NC(=O)OC1CCN(c2cc(-c3ccccc3O)nnc2N)C(C(=O)C2(c3ccccc3)CCNCC2)C1. The van der Waals surface area contributed by atoms with Gasteiger partial charge in [0.05, 0.1) is 22.8 Å². The predicted molar refractivity (Wildman–Crippen MR) is 144 cm³/mol. The Balaban J connectivity index is 1.58. The fourth-order valence-corrected chi connectivity index (χ4v) is 5.79. The Labute approximate surface area is 221 Å². The van der Waals surface area contributed by atoms with E-state index < -0.39 is 23.7 Å². The number of carbonyl (C=O) groups is 2. The number of phenols is 1. The number of amides is 1. The number of nitrogen functional groups attached to an aromatic ring is 1. The maximum Gasteiger partial charge on any atom is 0.404 e. The number of anilines is 2. The van der Waals surface area contributed by atoms with Crippen molar-refractivity contribution in [3.63, 3.8) is 0 Å². The Morgan fingerprint density at radius 2 is 1.76 bits per heavy atom. The number of aromatic hydroxyl groups is 1. The largest absolute Gasteiger partial charge is 0.507 e. The normalized spacial score (nSPS) is 21.0. The number of carbonyl (C=O) groups excluding carboxylic acids is 2. The highest BCUT2D eigenvalue weighted by atomic mass is 16.6. The minimum atomic E-state index is -0.860. The summed E-state index contributed by atoms with van der Waals surface area (Å²) in [5, 5.41) is 22.1. The molecule has 0 bridgehead atoms. The van der Waals surface area contributed by atoms with Gasteiger partial charge in [-0.3, -0.25) is 4.79 Å². The van der Waals surface area contributed by atoms with Crippen molar-refractivity contribution in [3.8, 4) is 17.0 Å². The van der Waals surface area contributed by atoms with Crippen LogP contribution in [-0.4, -0.2) is 59.0 Å². The molecule has 3 aromatic rings. The fourth-order valence-electron chi connectivity index (χ4n) is 5.79. The van der Waals surface area contributed by atoms with Gasteiger partial charge in [0.1, 0.15) is 11.9 Å². The number of nitrogens with two attached hydrogens (primary N) is 2. The first-order valence-corrected chi connectivity index (χ1v) is 12.8. The molecule has 2 saturated heterocycles. The Morgan fingerprint density at radius 3 is 2.47 bits per heavy atom. The number of nitrogens with zero attached hydrogens (tertiary/aromatic N) is 3. The van der Waals surface area contributed by atoms with Crippen molar-refractivity contribution in [2.24, 2.45) is 5.73 Å². The highest BCUT2D eigenvalue weighted by Crippen LogP contribution is 2.41. The van der Waals surface area contributed by atoms with E-state index in [0.29, 0.717) is 55.8 Å². The predicted octanol–water partition coefficient (Wildman–Crippen LogP) is 2.75. The first kappa shape index (κ1) is 25.5. The number of Topliss-reactive ketones (excluding diaryl/α,β-unsaturated/α-hetero) is 1. The van der Waals surface area contributed by atoms with Crippen LogP contribution in [0.2, 0.25) is 0 Å². The zero-order chi connectivity index (χ0) is 26.7. The molecule has 2 unspecified atom stereocenters. The van der Waals surface area contributed by atoms with Gasteiger partial charge < -0.3 is 31.5 Å². The number of hydrogen-bond donors (Lipinski definition) is 4. The minimum Gasteiger partial charge on any atom is -0.507 e. The molecule has 2 fully saturated rings. The number of benzene rings is 2. The van der Waals surface area contributed by atoms with Gasteiger partial charge in [-0.15, -0.1) is 10.2 Å². The third kappa shape index (κ3) is 4.87. The number of ketones is 1. The van der Waals surface area contributed by atoms with Gasteiger partial charge in [0.25, 0.3) is 0 Å². The van der Waals surface area contributed by atoms with Gasteiger partial charge >= 0.3 is 6.09 Å². The zero-order valence-corrected chi connectivity index (χ0v) is 21.0. The average molecular weight is 517 g/mol. The van der Waals surface area contributed by atoms with Crippen LogP contribution in [0.1, 0.15) is 31.2 Å². The zero-order valence-electron chi connectivity index (χ0n) is 21.0. The second-order valence-corrected chi connectivity index (χ2v) is 9.87. The van der Waals surface area contributed by atoms with Crippen molar-refractivity contribution in [2.45, 2.75) is 43.2 Å². The molecular formula is C28H32N6O4. The van der Waals surface area contributed by atoms with Crippen LogP contribution in [0.15, 0.2) is 60.7 Å². The lowest BCUT2D eigenvalue weighted by molar-refractivity contribution is -0.128. The molecule has 0 aliphatic carbocycles. The standard InChI is InChI=1S/C28H32N6O4/c29-26-23(17-21(32-33-26)20-8-4-5-9-24(20)35)34-15-10-19(38-27(30)37)16-22(34)25(36)28(11-13-31-14-12-28)18-6-2-1-3-7-18/h1-9,17,19,22,31,35H,10-16H2,(H2,29,33)(H2,30,37). The Morgan fingerprint density at radius 1 is 1.05 bits per heavy atom. The molecular weight excluding hydrogens is 484 g/mol. The highest BCUT2D eigenvalue weighted by molar-refractivity contribution is 5.97. The number of rotatable bonds is 6. The van der Waals surface area contributed by atoms with Gasteiger partial charge in [0, 0.05) is 24.9 Å². The summed E-state index contributed by atoms with van der Waals surface area (Å²) in [5.41, 5.74) is 13.4. The van der Waals surface area contributed by atoms with Crippen LogP contribution in [0, 0.1) is 0 Å². The molecule has 0 saturated carbocycles. The quantitative estimate of drug-likeness (QED) is 0.387. The first-order chi connectivity index (χ1) is 18.4. The summed E-state index contributed by atoms with van der Waals surface area (Å²) in [6.07, 6.45) is 0.684. The molecule has 6 N–H and O–H groups in total. The van der Waals surface area contributed by atoms with Crippen molar-refractivity contribution in [2.75, 3.05) is 30.3 Å². The van der Waals surface area contributed by atoms with Crippen LogP contribution < -0.4 is 21.7 Å². The molecule has 2 aliphatic heterocycles. The summed E-state index contributed by atoms with van der Waals surface area (Å²) in [6.45, 7) is 1.82. The molecule has 198 valence electrons. The summed E-state index contributed by atoms with van der Waals surface area (Å²) in [5.74, 6) is 0.287. The molecule has 38 heavy (non-hydrogen) atoms. The fraction of sp³-hybridized carbons (Fsp3) is 0.357. The average Bonchev–Trinajstić information content (AvgIpc) is 2.94. The van der Waals surface area contributed by atoms with E-state index in [-0.39, 0.29) is 23.8 Å². The van der Waals surface area contributed by atoms with Gasteiger partial charge in [0.15, 0.2) is 11.6 Å². The number of piperidine rings is 2. The van der Waals surface area contributed by atoms with Crippen molar-refractivity contribution in [3.05, 3.63) is 66.2 Å².